The third-order valence-corrected chi connectivity index (χ3v) is 4.61. The molecule has 1 N–H and O–H groups in total. The van der Waals surface area contributed by atoms with Crippen LogP contribution in [0.4, 0.5) is 8.78 Å². The summed E-state index contributed by atoms with van der Waals surface area (Å²) < 4.78 is 26.4. The molecular weight excluding hydrogens is 414 g/mol. The van der Waals surface area contributed by atoms with E-state index in [1.54, 1.807) is 24.5 Å². The first-order valence-corrected chi connectivity index (χ1v) is 11.5. The SMILES string of the molecule is C=C(C)CC.C=C(C)c1cc(F)c(-c2cn[nH]c2)cc1C.CC.CCCc1cccc(F)c1. The smallest absolute Gasteiger partial charge is 0.131 e. The van der Waals surface area contributed by atoms with E-state index in [-0.39, 0.29) is 11.6 Å². The summed E-state index contributed by atoms with van der Waals surface area (Å²) in [6, 6.07) is 10.1. The molecule has 180 valence electrons. The second kappa shape index (κ2) is 16.6. The summed E-state index contributed by atoms with van der Waals surface area (Å²) in [6.45, 7) is 21.5. The van der Waals surface area contributed by atoms with Gasteiger partial charge in [-0.15, -0.1) is 6.58 Å². The van der Waals surface area contributed by atoms with E-state index >= 15 is 0 Å². The van der Waals surface area contributed by atoms with Crippen LogP contribution < -0.4 is 0 Å². The van der Waals surface area contributed by atoms with Crippen LogP contribution in [0.15, 0.2) is 67.5 Å². The molecule has 0 saturated carbocycles. The number of aromatic amines is 1. The van der Waals surface area contributed by atoms with E-state index in [1.165, 1.54) is 17.7 Å². The van der Waals surface area contributed by atoms with Crippen LogP contribution in [0, 0.1) is 18.6 Å². The number of hydrogen-bond donors (Lipinski definition) is 1. The molecule has 2 aromatic carbocycles. The molecule has 0 aliphatic carbocycles. The Morgan fingerprint density at radius 2 is 1.67 bits per heavy atom. The van der Waals surface area contributed by atoms with Gasteiger partial charge >= 0.3 is 0 Å². The second-order valence-corrected chi connectivity index (χ2v) is 7.60. The van der Waals surface area contributed by atoms with Gasteiger partial charge in [0.15, 0.2) is 0 Å². The van der Waals surface area contributed by atoms with Gasteiger partial charge in [-0.25, -0.2) is 8.78 Å². The minimum absolute atomic E-state index is 0.133. The molecule has 1 heterocycles. The number of rotatable bonds is 5. The molecule has 3 aromatic rings. The molecule has 0 unspecified atom stereocenters. The van der Waals surface area contributed by atoms with Gasteiger partial charge in [0.25, 0.3) is 0 Å². The lowest BCUT2D eigenvalue weighted by molar-refractivity contribution is 0.625. The molecule has 4 heteroatoms. The molecule has 0 fully saturated rings. The maximum atomic E-state index is 13.9. The van der Waals surface area contributed by atoms with Crippen LogP contribution in [0.5, 0.6) is 0 Å². The third-order valence-electron chi connectivity index (χ3n) is 4.61. The summed E-state index contributed by atoms with van der Waals surface area (Å²) in [6.07, 6.45) is 6.44. The molecule has 0 aliphatic heterocycles. The molecule has 0 aliphatic rings. The maximum Gasteiger partial charge on any atom is 0.131 e. The number of hydrogen-bond acceptors (Lipinski definition) is 1. The van der Waals surface area contributed by atoms with E-state index in [4.69, 9.17) is 0 Å². The van der Waals surface area contributed by atoms with Crippen molar-refractivity contribution in [1.29, 1.82) is 0 Å². The zero-order valence-electron chi connectivity index (χ0n) is 21.4. The lowest BCUT2D eigenvalue weighted by Gasteiger charge is -2.08. The lowest BCUT2D eigenvalue weighted by atomic mass is 9.98. The maximum absolute atomic E-state index is 13.9. The number of halogens is 2. The number of aromatic nitrogens is 2. The number of aryl methyl sites for hydroxylation is 2. The number of nitrogens with one attached hydrogen (secondary N) is 1. The summed E-state index contributed by atoms with van der Waals surface area (Å²) in [4.78, 5) is 0. The van der Waals surface area contributed by atoms with Crippen molar-refractivity contribution in [2.45, 2.75) is 67.7 Å². The Balaban J connectivity index is 0.000000515. The summed E-state index contributed by atoms with van der Waals surface area (Å²) in [5.41, 5.74) is 6.42. The Morgan fingerprint density at radius 1 is 1.03 bits per heavy atom. The van der Waals surface area contributed by atoms with Crippen LogP contribution in [-0.4, -0.2) is 10.2 Å². The van der Waals surface area contributed by atoms with Crippen molar-refractivity contribution in [3.8, 4) is 11.1 Å². The van der Waals surface area contributed by atoms with Crippen molar-refractivity contribution in [3.63, 3.8) is 0 Å². The van der Waals surface area contributed by atoms with Crippen molar-refractivity contribution in [3.05, 3.63) is 95.8 Å². The van der Waals surface area contributed by atoms with Gasteiger partial charge in [-0.3, -0.25) is 5.10 Å². The van der Waals surface area contributed by atoms with Crippen molar-refractivity contribution in [2.24, 2.45) is 0 Å². The summed E-state index contributed by atoms with van der Waals surface area (Å²) in [7, 11) is 0. The van der Waals surface area contributed by atoms with E-state index < -0.39 is 0 Å². The lowest BCUT2D eigenvalue weighted by Crippen LogP contribution is -1.91. The number of allylic oxidation sites excluding steroid dienone is 2. The molecule has 2 nitrogen and oxygen atoms in total. The fourth-order valence-corrected chi connectivity index (χ4v) is 2.74. The van der Waals surface area contributed by atoms with Crippen LogP contribution in [0.3, 0.4) is 0 Å². The summed E-state index contributed by atoms with van der Waals surface area (Å²) in [5, 5.41) is 6.50. The predicted octanol–water partition coefficient (Wildman–Crippen LogP) is 9.33. The number of H-pyrrole nitrogens is 1. The average molecular weight is 455 g/mol. The zero-order valence-corrected chi connectivity index (χ0v) is 21.4. The Hall–Kier alpha value is -3.01. The standard InChI is InChI=1S/C13H13FN2.C9H11F.C5H10.C2H6/c1-8(2)11-5-13(14)12(4-9(11)3)10-6-15-16-7-10;1-2-4-8-5-3-6-9(10)7-8;1-4-5(2)3;1-2/h4-7H,1H2,2-3H3,(H,15,16);3,5-7H,2,4H2,1H3;2,4H2,1,3H3;1-2H3. The van der Waals surface area contributed by atoms with Gasteiger partial charge in [0.1, 0.15) is 11.6 Å². The van der Waals surface area contributed by atoms with Crippen molar-refractivity contribution >= 4 is 5.57 Å². The van der Waals surface area contributed by atoms with E-state index in [0.717, 1.165) is 47.1 Å². The monoisotopic (exact) mass is 454 g/mol. The summed E-state index contributed by atoms with van der Waals surface area (Å²) in [5.74, 6) is -0.379. The molecule has 0 saturated heterocycles. The highest BCUT2D eigenvalue weighted by molar-refractivity contribution is 5.71. The third kappa shape index (κ3) is 11.4. The average Bonchev–Trinajstić information content (AvgIpc) is 3.32. The largest absolute Gasteiger partial charge is 0.285 e. The molecule has 0 atom stereocenters. The van der Waals surface area contributed by atoms with Crippen LogP contribution in [0.2, 0.25) is 0 Å². The molecule has 1 aromatic heterocycles. The number of benzene rings is 2. The van der Waals surface area contributed by atoms with Gasteiger partial charge in [-0.2, -0.15) is 5.10 Å². The Kier molecular flexibility index (Phi) is 15.1. The van der Waals surface area contributed by atoms with Gasteiger partial charge in [0, 0.05) is 17.3 Å². The van der Waals surface area contributed by atoms with E-state index in [0.29, 0.717) is 5.56 Å². The molecule has 0 spiro atoms. The van der Waals surface area contributed by atoms with Crippen LogP contribution in [0.25, 0.3) is 16.7 Å². The molecule has 3 rings (SSSR count). The summed E-state index contributed by atoms with van der Waals surface area (Å²) >= 11 is 0. The zero-order chi connectivity index (χ0) is 25.4. The Bertz CT molecular complexity index is 973. The minimum atomic E-state index is -0.245. The molecule has 0 radical (unpaired) electrons. The normalized spacial score (nSPS) is 9.36. The topological polar surface area (TPSA) is 28.7 Å². The van der Waals surface area contributed by atoms with Crippen molar-refractivity contribution in [2.75, 3.05) is 0 Å². The quantitative estimate of drug-likeness (QED) is 0.382. The van der Waals surface area contributed by atoms with Gasteiger partial charge < -0.3 is 0 Å². The fraction of sp³-hybridized carbons (Fsp3) is 0.345. The number of nitrogens with zero attached hydrogens (tertiary/aromatic N) is 1. The van der Waals surface area contributed by atoms with Crippen molar-refractivity contribution in [1.82, 2.24) is 10.2 Å². The highest BCUT2D eigenvalue weighted by Crippen LogP contribution is 2.27. The fourth-order valence-electron chi connectivity index (χ4n) is 2.74. The van der Waals surface area contributed by atoms with Gasteiger partial charge in [-0.1, -0.05) is 64.0 Å². The van der Waals surface area contributed by atoms with Crippen LogP contribution in [0.1, 0.15) is 71.1 Å². The van der Waals surface area contributed by atoms with Crippen LogP contribution >= 0.6 is 0 Å². The first-order valence-electron chi connectivity index (χ1n) is 11.5. The highest BCUT2D eigenvalue weighted by Gasteiger charge is 2.10. The van der Waals surface area contributed by atoms with Gasteiger partial charge in [-0.05, 0) is 74.6 Å². The Labute approximate surface area is 199 Å². The van der Waals surface area contributed by atoms with E-state index in [2.05, 4.69) is 37.2 Å². The van der Waals surface area contributed by atoms with Crippen LogP contribution in [-0.2, 0) is 6.42 Å². The first kappa shape index (κ1) is 30.0. The molecular formula is C29H40F2N2. The molecule has 0 amide bonds. The second-order valence-electron chi connectivity index (χ2n) is 7.60. The first-order chi connectivity index (χ1) is 15.7. The van der Waals surface area contributed by atoms with Crippen molar-refractivity contribution < 1.29 is 8.78 Å². The van der Waals surface area contributed by atoms with Gasteiger partial charge in [0.2, 0.25) is 0 Å². The highest BCUT2D eigenvalue weighted by atomic mass is 19.1. The molecule has 0 bridgehead atoms. The minimum Gasteiger partial charge on any atom is -0.285 e. The predicted molar refractivity (Wildman–Crippen MR) is 140 cm³/mol. The van der Waals surface area contributed by atoms with E-state index in [9.17, 15) is 8.78 Å². The molecule has 33 heavy (non-hydrogen) atoms. The van der Waals surface area contributed by atoms with Gasteiger partial charge in [0.05, 0.1) is 6.20 Å². The Morgan fingerprint density at radius 3 is 2.12 bits per heavy atom. The van der Waals surface area contributed by atoms with E-state index in [1.807, 2.05) is 46.8 Å².